The second-order valence-corrected chi connectivity index (χ2v) is 9.05. The van der Waals surface area contributed by atoms with Gasteiger partial charge in [0.2, 0.25) is 10.0 Å². The molecule has 1 amide bonds. The second kappa shape index (κ2) is 7.22. The molecule has 3 heterocycles. The van der Waals surface area contributed by atoms with E-state index in [2.05, 4.69) is 20.3 Å². The zero-order valence-electron chi connectivity index (χ0n) is 16.6. The number of hydrogen-bond donors (Lipinski definition) is 3. The Kier molecular flexibility index (Phi) is 4.49. The van der Waals surface area contributed by atoms with Gasteiger partial charge in [-0.15, -0.1) is 0 Å². The van der Waals surface area contributed by atoms with Crippen LogP contribution in [-0.4, -0.2) is 30.8 Å². The van der Waals surface area contributed by atoms with E-state index < -0.39 is 10.0 Å². The number of amides is 1. The largest absolute Gasteiger partial charge is 0.352 e. The Hall–Kier alpha value is -3.69. The lowest BCUT2D eigenvalue weighted by Crippen LogP contribution is -2.18. The Morgan fingerprint density at radius 2 is 1.87 bits per heavy atom. The molecule has 4 aromatic rings. The first kappa shape index (κ1) is 19.3. The monoisotopic (exact) mass is 433 g/mol. The standard InChI is InChI=1S/C22H19N5O3S/c1-23-31(29,30)17-5-3-16(4-6-17)26-19-8-9-20(27-11-10-24-21(19)27)14-2-7-18-15(12-14)13-25-22(18)28/h2-12,23,26H,13H2,1H3,(H,25,28). The quantitative estimate of drug-likeness (QED) is 0.449. The van der Waals surface area contributed by atoms with Crippen LogP contribution in [0.1, 0.15) is 15.9 Å². The highest BCUT2D eigenvalue weighted by atomic mass is 32.2. The van der Waals surface area contributed by atoms with E-state index in [4.69, 9.17) is 0 Å². The second-order valence-electron chi connectivity index (χ2n) is 7.16. The third-order valence-corrected chi connectivity index (χ3v) is 6.78. The summed E-state index contributed by atoms with van der Waals surface area (Å²) in [6, 6.07) is 16.3. The number of benzene rings is 2. The van der Waals surface area contributed by atoms with E-state index in [0.717, 1.165) is 33.8 Å². The average molecular weight is 433 g/mol. The smallest absolute Gasteiger partial charge is 0.251 e. The molecule has 2 aromatic carbocycles. The lowest BCUT2D eigenvalue weighted by atomic mass is 10.0. The first-order valence-corrected chi connectivity index (χ1v) is 11.1. The SMILES string of the molecule is CNS(=O)(=O)c1ccc(Nc2ccc(-c3ccc4c(c3)CNC4=O)n3ccnc23)cc1. The summed E-state index contributed by atoms with van der Waals surface area (Å²) in [5, 5.41) is 6.14. The fourth-order valence-corrected chi connectivity index (χ4v) is 4.46. The van der Waals surface area contributed by atoms with E-state index in [-0.39, 0.29) is 10.8 Å². The van der Waals surface area contributed by atoms with Crippen LogP contribution in [0.25, 0.3) is 16.9 Å². The molecular weight excluding hydrogens is 414 g/mol. The van der Waals surface area contributed by atoms with Crippen molar-refractivity contribution in [1.82, 2.24) is 19.4 Å². The van der Waals surface area contributed by atoms with E-state index >= 15 is 0 Å². The van der Waals surface area contributed by atoms with Crippen LogP contribution < -0.4 is 15.4 Å². The number of anilines is 2. The molecule has 0 atom stereocenters. The number of imidazole rings is 1. The molecule has 0 fully saturated rings. The van der Waals surface area contributed by atoms with Crippen molar-refractivity contribution in [1.29, 1.82) is 0 Å². The summed E-state index contributed by atoms with van der Waals surface area (Å²) < 4.78 is 28.1. The third kappa shape index (κ3) is 3.33. The zero-order chi connectivity index (χ0) is 21.6. The van der Waals surface area contributed by atoms with Crippen molar-refractivity contribution >= 4 is 33.0 Å². The molecule has 1 aliphatic rings. The van der Waals surface area contributed by atoms with Crippen molar-refractivity contribution in [3.8, 4) is 11.3 Å². The molecule has 0 spiro atoms. The van der Waals surface area contributed by atoms with Gasteiger partial charge in [-0.1, -0.05) is 6.07 Å². The molecule has 0 radical (unpaired) electrons. The molecule has 0 saturated heterocycles. The lowest BCUT2D eigenvalue weighted by Gasteiger charge is -2.13. The minimum absolute atomic E-state index is 0.0394. The summed E-state index contributed by atoms with van der Waals surface area (Å²) in [5.74, 6) is -0.0394. The molecule has 0 bridgehead atoms. The number of hydrogen-bond acceptors (Lipinski definition) is 5. The Morgan fingerprint density at radius 3 is 2.65 bits per heavy atom. The molecule has 9 heteroatoms. The average Bonchev–Trinajstić information content (AvgIpc) is 3.42. The predicted octanol–water partition coefficient (Wildman–Crippen LogP) is 2.90. The summed E-state index contributed by atoms with van der Waals surface area (Å²) in [5.41, 5.74) is 5.91. The van der Waals surface area contributed by atoms with Crippen molar-refractivity contribution in [2.75, 3.05) is 12.4 Å². The molecule has 0 unspecified atom stereocenters. The molecule has 5 rings (SSSR count). The first-order valence-electron chi connectivity index (χ1n) is 9.64. The van der Waals surface area contributed by atoms with Crippen molar-refractivity contribution in [2.24, 2.45) is 0 Å². The first-order chi connectivity index (χ1) is 15.0. The summed E-state index contributed by atoms with van der Waals surface area (Å²) in [7, 11) is -2.10. The maximum Gasteiger partial charge on any atom is 0.251 e. The van der Waals surface area contributed by atoms with Crippen LogP contribution in [0.3, 0.4) is 0 Å². The highest BCUT2D eigenvalue weighted by Crippen LogP contribution is 2.30. The third-order valence-electron chi connectivity index (χ3n) is 5.35. The van der Waals surface area contributed by atoms with Gasteiger partial charge in [0, 0.05) is 30.2 Å². The topological polar surface area (TPSA) is 105 Å². The zero-order valence-corrected chi connectivity index (χ0v) is 17.4. The number of nitrogens with one attached hydrogen (secondary N) is 3. The van der Waals surface area contributed by atoms with Crippen LogP contribution in [0.4, 0.5) is 11.4 Å². The number of rotatable bonds is 5. The predicted molar refractivity (Wildman–Crippen MR) is 118 cm³/mol. The number of carbonyl (C=O) groups is 1. The van der Waals surface area contributed by atoms with Gasteiger partial charge in [-0.2, -0.15) is 0 Å². The van der Waals surface area contributed by atoms with Gasteiger partial charge < -0.3 is 10.6 Å². The Balaban J connectivity index is 1.49. The lowest BCUT2D eigenvalue weighted by molar-refractivity contribution is 0.0965. The molecule has 1 aliphatic heterocycles. The van der Waals surface area contributed by atoms with Crippen molar-refractivity contribution in [3.05, 3.63) is 78.1 Å². The normalized spacial score (nSPS) is 13.3. The van der Waals surface area contributed by atoms with E-state index in [1.54, 1.807) is 30.5 Å². The van der Waals surface area contributed by atoms with Gasteiger partial charge >= 0.3 is 0 Å². The van der Waals surface area contributed by atoms with Gasteiger partial charge in [0.05, 0.1) is 16.3 Å². The van der Waals surface area contributed by atoms with Gasteiger partial charge in [0.25, 0.3) is 5.91 Å². The summed E-state index contributed by atoms with van der Waals surface area (Å²) in [6.45, 7) is 0.536. The molecule has 31 heavy (non-hydrogen) atoms. The van der Waals surface area contributed by atoms with E-state index in [0.29, 0.717) is 12.1 Å². The van der Waals surface area contributed by atoms with Crippen molar-refractivity contribution in [2.45, 2.75) is 11.4 Å². The Labute approximate surface area is 179 Å². The Bertz CT molecular complexity index is 1430. The van der Waals surface area contributed by atoms with Crippen LogP contribution >= 0.6 is 0 Å². The number of pyridine rings is 1. The van der Waals surface area contributed by atoms with Crippen LogP contribution in [0, 0.1) is 0 Å². The van der Waals surface area contributed by atoms with Crippen molar-refractivity contribution < 1.29 is 13.2 Å². The molecule has 156 valence electrons. The highest BCUT2D eigenvalue weighted by molar-refractivity contribution is 7.89. The molecule has 0 saturated carbocycles. The van der Waals surface area contributed by atoms with Crippen LogP contribution in [0.5, 0.6) is 0 Å². The van der Waals surface area contributed by atoms with E-state index in [9.17, 15) is 13.2 Å². The fraction of sp³-hybridized carbons (Fsp3) is 0.0909. The van der Waals surface area contributed by atoms with Gasteiger partial charge in [0.1, 0.15) is 0 Å². The molecule has 2 aromatic heterocycles. The number of fused-ring (bicyclic) bond motifs is 2. The van der Waals surface area contributed by atoms with E-state index in [1.807, 2.05) is 40.9 Å². The van der Waals surface area contributed by atoms with Gasteiger partial charge in [0.15, 0.2) is 5.65 Å². The van der Waals surface area contributed by atoms with Crippen LogP contribution in [0.15, 0.2) is 71.9 Å². The van der Waals surface area contributed by atoms with E-state index in [1.165, 1.54) is 7.05 Å². The van der Waals surface area contributed by atoms with Gasteiger partial charge in [-0.25, -0.2) is 18.1 Å². The van der Waals surface area contributed by atoms with Gasteiger partial charge in [-0.05, 0) is 66.7 Å². The minimum Gasteiger partial charge on any atom is -0.352 e. The molecule has 0 aliphatic carbocycles. The summed E-state index contributed by atoms with van der Waals surface area (Å²) in [4.78, 5) is 16.5. The summed E-state index contributed by atoms with van der Waals surface area (Å²) >= 11 is 0. The number of aromatic nitrogens is 2. The molecule has 8 nitrogen and oxygen atoms in total. The van der Waals surface area contributed by atoms with Crippen molar-refractivity contribution in [3.63, 3.8) is 0 Å². The minimum atomic E-state index is -3.48. The molecule has 3 N–H and O–H groups in total. The Morgan fingerprint density at radius 1 is 1.06 bits per heavy atom. The maximum absolute atomic E-state index is 11.9. The number of carbonyl (C=O) groups excluding carboxylic acids is 1. The highest BCUT2D eigenvalue weighted by Gasteiger charge is 2.19. The van der Waals surface area contributed by atoms with Gasteiger partial charge in [-0.3, -0.25) is 9.20 Å². The number of sulfonamides is 1. The van der Waals surface area contributed by atoms with Crippen LogP contribution in [-0.2, 0) is 16.6 Å². The number of nitrogens with zero attached hydrogens (tertiary/aromatic N) is 2. The summed E-state index contributed by atoms with van der Waals surface area (Å²) in [6.07, 6.45) is 3.61. The van der Waals surface area contributed by atoms with Crippen LogP contribution in [0.2, 0.25) is 0 Å². The molecular formula is C22H19N5O3S. The fourth-order valence-electron chi connectivity index (χ4n) is 3.73. The maximum atomic E-state index is 11.9.